The van der Waals surface area contributed by atoms with Gasteiger partial charge in [-0.2, -0.15) is 0 Å². The second kappa shape index (κ2) is 7.02. The maximum absolute atomic E-state index is 5.91. The predicted octanol–water partition coefficient (Wildman–Crippen LogP) is 3.52. The molecule has 0 aliphatic carbocycles. The lowest BCUT2D eigenvalue weighted by molar-refractivity contribution is 0.871. The molecule has 0 rings (SSSR count). The van der Waals surface area contributed by atoms with Crippen molar-refractivity contribution >= 4 is 0 Å². The summed E-state index contributed by atoms with van der Waals surface area (Å²) in [5.74, 6) is 0. The molecule has 0 saturated heterocycles. The van der Waals surface area contributed by atoms with E-state index in [-0.39, 0.29) is 6.04 Å². The third-order valence-corrected chi connectivity index (χ3v) is 2.01. The summed E-state index contributed by atoms with van der Waals surface area (Å²) in [5, 5.41) is 0. The number of hydrogen-bond donors (Lipinski definition) is 1. The maximum Gasteiger partial charge on any atom is 0.0272 e. The second-order valence-corrected chi connectivity index (χ2v) is 3.53. The quantitative estimate of drug-likeness (QED) is 0.680. The summed E-state index contributed by atoms with van der Waals surface area (Å²) in [7, 11) is 0. The van der Waals surface area contributed by atoms with Gasteiger partial charge >= 0.3 is 0 Å². The van der Waals surface area contributed by atoms with E-state index in [2.05, 4.69) is 13.2 Å². The predicted molar refractivity (Wildman–Crippen MR) is 69.6 cm³/mol. The molecule has 0 aliphatic heterocycles. The van der Waals surface area contributed by atoms with Crippen LogP contribution < -0.4 is 5.73 Å². The van der Waals surface area contributed by atoms with Crippen molar-refractivity contribution in [2.24, 2.45) is 5.73 Å². The molecule has 0 saturated carbocycles. The molecule has 0 aromatic carbocycles. The summed E-state index contributed by atoms with van der Waals surface area (Å²) in [6.07, 6.45) is 9.69. The number of nitrogens with two attached hydrogens (primary N) is 1. The Hall–Kier alpha value is -1.34. The molecule has 0 amide bonds. The lowest BCUT2D eigenvalue weighted by Gasteiger charge is -2.15. The summed E-state index contributed by atoms with van der Waals surface area (Å²) >= 11 is 0. The molecule has 0 heterocycles. The highest BCUT2D eigenvalue weighted by molar-refractivity contribution is 5.49. The average Bonchev–Trinajstić information content (AvgIpc) is 2.16. The van der Waals surface area contributed by atoms with Gasteiger partial charge in [0.2, 0.25) is 0 Å². The minimum atomic E-state index is -0.0174. The first-order valence-corrected chi connectivity index (χ1v) is 5.12. The van der Waals surface area contributed by atoms with Gasteiger partial charge in [-0.05, 0) is 31.9 Å². The van der Waals surface area contributed by atoms with Crippen LogP contribution in [0, 0.1) is 0 Å². The summed E-state index contributed by atoms with van der Waals surface area (Å²) in [6.45, 7) is 13.6. The molecule has 0 aromatic heterocycles. The van der Waals surface area contributed by atoms with E-state index in [4.69, 9.17) is 5.73 Å². The van der Waals surface area contributed by atoms with Crippen molar-refractivity contribution in [3.63, 3.8) is 0 Å². The Balaban J connectivity index is 5.29. The van der Waals surface area contributed by atoms with E-state index in [9.17, 15) is 0 Å². The first kappa shape index (κ1) is 13.7. The molecule has 0 aliphatic rings. The highest BCUT2D eigenvalue weighted by atomic mass is 14.6. The Bertz CT molecular complexity index is 314. The topological polar surface area (TPSA) is 26.0 Å². The van der Waals surface area contributed by atoms with Crippen LogP contribution in [0.4, 0.5) is 0 Å². The van der Waals surface area contributed by atoms with E-state index in [1.807, 2.05) is 45.1 Å². The van der Waals surface area contributed by atoms with Crippen LogP contribution in [0.25, 0.3) is 0 Å². The third-order valence-electron chi connectivity index (χ3n) is 2.01. The van der Waals surface area contributed by atoms with Crippen LogP contribution in [0.3, 0.4) is 0 Å². The highest BCUT2D eigenvalue weighted by Gasteiger charge is 2.08. The third kappa shape index (κ3) is 4.61. The van der Waals surface area contributed by atoms with Crippen molar-refractivity contribution in [3.05, 3.63) is 60.3 Å². The molecule has 1 heteroatoms. The van der Waals surface area contributed by atoms with Gasteiger partial charge in [0.25, 0.3) is 0 Å². The molecule has 0 radical (unpaired) electrons. The summed E-state index contributed by atoms with van der Waals surface area (Å²) in [4.78, 5) is 0. The van der Waals surface area contributed by atoms with Gasteiger partial charge in [0.1, 0.15) is 0 Å². The Morgan fingerprint density at radius 3 is 2.27 bits per heavy atom. The van der Waals surface area contributed by atoms with Gasteiger partial charge in [-0.1, -0.05) is 49.1 Å². The summed E-state index contributed by atoms with van der Waals surface area (Å²) < 4.78 is 0. The van der Waals surface area contributed by atoms with Gasteiger partial charge in [0.05, 0.1) is 0 Å². The molecular weight excluding hydrogens is 182 g/mol. The normalized spacial score (nSPS) is 15.5. The minimum Gasteiger partial charge on any atom is -0.324 e. The molecule has 1 nitrogen and oxygen atoms in total. The number of hydrogen-bond acceptors (Lipinski definition) is 1. The molecule has 1 unspecified atom stereocenters. The zero-order valence-electron chi connectivity index (χ0n) is 9.96. The van der Waals surface area contributed by atoms with Crippen LogP contribution in [0.2, 0.25) is 0 Å². The molecule has 2 N–H and O–H groups in total. The fourth-order valence-electron chi connectivity index (χ4n) is 1.29. The first-order valence-electron chi connectivity index (χ1n) is 5.12. The summed E-state index contributed by atoms with van der Waals surface area (Å²) in [6, 6.07) is -0.0174. The molecule has 15 heavy (non-hydrogen) atoms. The van der Waals surface area contributed by atoms with Crippen molar-refractivity contribution in [3.8, 4) is 0 Å². The maximum atomic E-state index is 5.91. The summed E-state index contributed by atoms with van der Waals surface area (Å²) in [5.41, 5.74) is 9.08. The molecule has 0 bridgehead atoms. The second-order valence-electron chi connectivity index (χ2n) is 3.53. The SMILES string of the molecule is C=C\C=C(/C(=C/C=C\C)C(=C)C)C(C)N. The van der Waals surface area contributed by atoms with Crippen molar-refractivity contribution < 1.29 is 0 Å². The molecule has 82 valence electrons. The minimum absolute atomic E-state index is 0.0174. The van der Waals surface area contributed by atoms with Crippen LogP contribution in [-0.4, -0.2) is 6.04 Å². The average molecular weight is 203 g/mol. The van der Waals surface area contributed by atoms with Gasteiger partial charge in [0.15, 0.2) is 0 Å². The van der Waals surface area contributed by atoms with Crippen LogP contribution >= 0.6 is 0 Å². The van der Waals surface area contributed by atoms with Crippen molar-refractivity contribution in [2.75, 3.05) is 0 Å². The standard InChI is InChI=1S/C14H21N/c1-6-8-10-13(11(3)4)14(9-7-2)12(5)15/h6-10,12H,2-3,15H2,1,4-5H3/b8-6-,13-10+,14-9-. The Labute approximate surface area is 93.4 Å². The zero-order chi connectivity index (χ0) is 11.8. The van der Waals surface area contributed by atoms with Crippen molar-refractivity contribution in [1.29, 1.82) is 0 Å². The van der Waals surface area contributed by atoms with Crippen LogP contribution in [0.15, 0.2) is 60.3 Å². The largest absolute Gasteiger partial charge is 0.324 e. The Morgan fingerprint density at radius 1 is 1.33 bits per heavy atom. The number of rotatable bonds is 5. The Morgan fingerprint density at radius 2 is 1.93 bits per heavy atom. The first-order chi connectivity index (χ1) is 7.04. The lowest BCUT2D eigenvalue weighted by Crippen LogP contribution is -2.19. The van der Waals surface area contributed by atoms with Crippen LogP contribution in [0.5, 0.6) is 0 Å². The van der Waals surface area contributed by atoms with Gasteiger partial charge in [-0.25, -0.2) is 0 Å². The monoisotopic (exact) mass is 203 g/mol. The van der Waals surface area contributed by atoms with E-state index in [0.29, 0.717) is 0 Å². The molecule has 1 atom stereocenters. The zero-order valence-corrected chi connectivity index (χ0v) is 9.96. The van der Waals surface area contributed by atoms with Crippen molar-refractivity contribution in [1.82, 2.24) is 0 Å². The smallest absolute Gasteiger partial charge is 0.0272 e. The molecule has 0 fully saturated rings. The van der Waals surface area contributed by atoms with E-state index < -0.39 is 0 Å². The Kier molecular flexibility index (Phi) is 6.39. The van der Waals surface area contributed by atoms with Gasteiger partial charge in [0, 0.05) is 6.04 Å². The molecule has 0 aromatic rings. The fourth-order valence-corrected chi connectivity index (χ4v) is 1.29. The van der Waals surface area contributed by atoms with Crippen LogP contribution in [-0.2, 0) is 0 Å². The van der Waals surface area contributed by atoms with E-state index in [1.54, 1.807) is 6.08 Å². The van der Waals surface area contributed by atoms with Gasteiger partial charge in [-0.3, -0.25) is 0 Å². The van der Waals surface area contributed by atoms with Crippen LogP contribution in [0.1, 0.15) is 20.8 Å². The number of allylic oxidation sites excluding steroid dienone is 6. The fraction of sp³-hybridized carbons (Fsp3) is 0.286. The van der Waals surface area contributed by atoms with Gasteiger partial charge in [-0.15, -0.1) is 0 Å². The van der Waals surface area contributed by atoms with Gasteiger partial charge < -0.3 is 5.73 Å². The van der Waals surface area contributed by atoms with Crippen molar-refractivity contribution in [2.45, 2.75) is 26.8 Å². The lowest BCUT2D eigenvalue weighted by atomic mass is 9.94. The van der Waals surface area contributed by atoms with E-state index in [0.717, 1.165) is 16.7 Å². The highest BCUT2D eigenvalue weighted by Crippen LogP contribution is 2.20. The molecule has 0 spiro atoms. The van der Waals surface area contributed by atoms with E-state index >= 15 is 0 Å². The molecular formula is C14H21N. The van der Waals surface area contributed by atoms with E-state index in [1.165, 1.54) is 0 Å².